The Balaban J connectivity index is 0.00000121. The first kappa shape index (κ1) is 12.5. The molecule has 62 valence electrons. The zero-order valence-corrected chi connectivity index (χ0v) is 9.80. The van der Waals surface area contributed by atoms with E-state index >= 15 is 0 Å². The molecule has 1 heterocycles. The van der Waals surface area contributed by atoms with E-state index in [1.165, 1.54) is 10.9 Å². The zero-order chi connectivity index (χ0) is 8.48. The summed E-state index contributed by atoms with van der Waals surface area (Å²) >= 11 is 1.11. The molecule has 0 saturated carbocycles. The molecule has 1 unspecified atom stereocenters. The Hall–Kier alpha value is 0.500. The summed E-state index contributed by atoms with van der Waals surface area (Å²) in [5, 5.41) is 10.1. The van der Waals surface area contributed by atoms with Gasteiger partial charge in [-0.25, -0.2) is 13.4 Å². The van der Waals surface area contributed by atoms with Crippen molar-refractivity contribution in [3.63, 3.8) is 0 Å². The molecule has 0 saturated heterocycles. The third-order valence-corrected chi connectivity index (χ3v) is 2.37. The van der Waals surface area contributed by atoms with E-state index in [4.69, 9.17) is 5.11 Å². The maximum absolute atomic E-state index is 10.2. The van der Waals surface area contributed by atoms with Crippen LogP contribution in [-0.2, 0) is 10.1 Å². The SMILES string of the molecule is O=S(=O)([O-])C(O)c1cscn1.[Na+]. The van der Waals surface area contributed by atoms with E-state index in [-0.39, 0.29) is 35.3 Å². The molecule has 1 aromatic rings. The summed E-state index contributed by atoms with van der Waals surface area (Å²) in [5.74, 6) is 0. The summed E-state index contributed by atoms with van der Waals surface area (Å²) in [7, 11) is -4.68. The summed E-state index contributed by atoms with van der Waals surface area (Å²) in [4.78, 5) is 3.47. The molecule has 5 nitrogen and oxygen atoms in total. The van der Waals surface area contributed by atoms with Gasteiger partial charge in [-0.1, -0.05) is 0 Å². The quantitative estimate of drug-likeness (QED) is 0.413. The summed E-state index contributed by atoms with van der Waals surface area (Å²) in [6.45, 7) is 0. The number of hydrogen-bond acceptors (Lipinski definition) is 6. The Labute approximate surface area is 95.5 Å². The molecule has 0 radical (unpaired) electrons. The normalized spacial score (nSPS) is 13.5. The summed E-state index contributed by atoms with van der Waals surface area (Å²) in [5.41, 5.74) is -0.817. The molecule has 1 N–H and O–H groups in total. The Bertz CT molecular complexity index is 321. The van der Waals surface area contributed by atoms with Crippen molar-refractivity contribution in [2.24, 2.45) is 0 Å². The summed E-state index contributed by atoms with van der Waals surface area (Å²) < 4.78 is 30.6. The fourth-order valence-corrected chi connectivity index (χ4v) is 1.58. The standard InChI is InChI=1S/C4H5NO4S2.Na/c6-4(11(7,8)9)3-1-10-2-5-3;/h1-2,4,6H,(H,7,8,9);/q;+1/p-1. The minimum Gasteiger partial charge on any atom is -0.746 e. The van der Waals surface area contributed by atoms with Crippen LogP contribution in [0.5, 0.6) is 0 Å². The third-order valence-electron chi connectivity index (χ3n) is 0.978. The molecular weight excluding hydrogens is 213 g/mol. The van der Waals surface area contributed by atoms with Gasteiger partial charge in [0.2, 0.25) is 0 Å². The van der Waals surface area contributed by atoms with Crippen molar-refractivity contribution >= 4 is 21.5 Å². The largest absolute Gasteiger partial charge is 1.00 e. The van der Waals surface area contributed by atoms with Gasteiger partial charge >= 0.3 is 29.6 Å². The molecule has 8 heteroatoms. The number of nitrogens with zero attached hydrogens (tertiary/aromatic N) is 1. The third kappa shape index (κ3) is 3.09. The first-order valence-corrected chi connectivity index (χ1v) is 4.94. The Morgan fingerprint density at radius 3 is 2.58 bits per heavy atom. The number of aliphatic hydroxyl groups excluding tert-OH is 1. The maximum Gasteiger partial charge on any atom is 1.00 e. The van der Waals surface area contributed by atoms with Gasteiger partial charge in [0.15, 0.2) is 5.44 Å². The smallest absolute Gasteiger partial charge is 0.746 e. The molecule has 0 aliphatic rings. The van der Waals surface area contributed by atoms with Crippen molar-refractivity contribution in [3.8, 4) is 0 Å². The van der Waals surface area contributed by atoms with Crippen molar-refractivity contribution in [2.75, 3.05) is 0 Å². The van der Waals surface area contributed by atoms with Crippen molar-refractivity contribution in [2.45, 2.75) is 5.44 Å². The van der Waals surface area contributed by atoms with Gasteiger partial charge in [0.1, 0.15) is 10.1 Å². The van der Waals surface area contributed by atoms with Gasteiger partial charge in [0, 0.05) is 5.38 Å². The second kappa shape index (κ2) is 4.66. The minimum absolute atomic E-state index is 0. The summed E-state index contributed by atoms with van der Waals surface area (Å²) in [6, 6.07) is 0. The van der Waals surface area contributed by atoms with Crippen molar-refractivity contribution in [1.29, 1.82) is 0 Å². The van der Waals surface area contributed by atoms with E-state index in [0.717, 1.165) is 11.3 Å². The molecule has 0 amide bonds. The second-order valence-corrected chi connectivity index (χ2v) is 3.91. The number of hydrogen-bond donors (Lipinski definition) is 1. The molecule has 0 aliphatic carbocycles. The van der Waals surface area contributed by atoms with E-state index in [1.807, 2.05) is 0 Å². The second-order valence-electron chi connectivity index (χ2n) is 1.76. The fourth-order valence-electron chi connectivity index (χ4n) is 0.492. The van der Waals surface area contributed by atoms with Crippen LogP contribution in [-0.4, -0.2) is 23.1 Å². The van der Waals surface area contributed by atoms with Gasteiger partial charge in [-0.15, -0.1) is 11.3 Å². The first-order valence-electron chi connectivity index (χ1n) is 2.52. The molecule has 0 aliphatic heterocycles. The molecule has 1 atom stereocenters. The van der Waals surface area contributed by atoms with E-state index in [1.54, 1.807) is 0 Å². The molecule has 0 bridgehead atoms. The molecule has 0 fully saturated rings. The van der Waals surface area contributed by atoms with E-state index < -0.39 is 15.6 Å². The average molecular weight is 217 g/mol. The van der Waals surface area contributed by atoms with Crippen LogP contribution < -0.4 is 29.6 Å². The average Bonchev–Trinajstić information content (AvgIpc) is 2.34. The number of aliphatic hydroxyl groups is 1. The van der Waals surface area contributed by atoms with Crippen molar-refractivity contribution in [1.82, 2.24) is 4.98 Å². The van der Waals surface area contributed by atoms with Crippen LogP contribution in [0.4, 0.5) is 0 Å². The van der Waals surface area contributed by atoms with E-state index in [0.29, 0.717) is 0 Å². The molecule has 0 aromatic carbocycles. The van der Waals surface area contributed by atoms with Crippen molar-refractivity contribution in [3.05, 3.63) is 16.6 Å². The zero-order valence-electron chi connectivity index (χ0n) is 6.17. The van der Waals surface area contributed by atoms with E-state index in [9.17, 15) is 13.0 Å². The predicted octanol–water partition coefficient (Wildman–Crippen LogP) is -3.32. The number of rotatable bonds is 2. The Morgan fingerprint density at radius 2 is 2.25 bits per heavy atom. The molecule has 1 rings (SSSR count). The van der Waals surface area contributed by atoms with E-state index in [2.05, 4.69) is 4.98 Å². The topological polar surface area (TPSA) is 90.3 Å². The van der Waals surface area contributed by atoms with Gasteiger partial charge in [-0.05, 0) is 0 Å². The Kier molecular flexibility index (Phi) is 4.85. The van der Waals surface area contributed by atoms with Crippen LogP contribution in [0.15, 0.2) is 10.9 Å². The molecule has 12 heavy (non-hydrogen) atoms. The monoisotopic (exact) mass is 217 g/mol. The van der Waals surface area contributed by atoms with Crippen LogP contribution >= 0.6 is 11.3 Å². The molecule has 1 aromatic heterocycles. The van der Waals surface area contributed by atoms with Crippen LogP contribution in [0.1, 0.15) is 11.1 Å². The first-order chi connectivity index (χ1) is 5.02. The van der Waals surface area contributed by atoms with Crippen LogP contribution in [0.3, 0.4) is 0 Å². The van der Waals surface area contributed by atoms with Crippen LogP contribution in [0, 0.1) is 0 Å². The summed E-state index contributed by atoms with van der Waals surface area (Å²) in [6.07, 6.45) is 0. The number of thiazole rings is 1. The van der Waals surface area contributed by atoms with Crippen LogP contribution in [0.2, 0.25) is 0 Å². The van der Waals surface area contributed by atoms with Gasteiger partial charge in [-0.2, -0.15) is 0 Å². The van der Waals surface area contributed by atoms with Gasteiger partial charge in [-0.3, -0.25) is 0 Å². The maximum atomic E-state index is 10.2. The predicted molar refractivity (Wildman–Crippen MR) is 36.8 cm³/mol. The van der Waals surface area contributed by atoms with Gasteiger partial charge < -0.3 is 9.66 Å². The minimum atomic E-state index is -4.68. The Morgan fingerprint density at radius 1 is 1.67 bits per heavy atom. The van der Waals surface area contributed by atoms with Gasteiger partial charge in [0.25, 0.3) is 0 Å². The van der Waals surface area contributed by atoms with Gasteiger partial charge in [0.05, 0.1) is 11.2 Å². The van der Waals surface area contributed by atoms with Crippen LogP contribution in [0.25, 0.3) is 0 Å². The fraction of sp³-hybridized carbons (Fsp3) is 0.250. The molecule has 0 spiro atoms. The van der Waals surface area contributed by atoms with Crippen molar-refractivity contribution < 1.29 is 47.6 Å². The molecular formula is C4H4NNaO4S2. The number of aromatic nitrogens is 1.